The van der Waals surface area contributed by atoms with Crippen molar-refractivity contribution < 1.29 is 22.8 Å². The maximum absolute atomic E-state index is 12.7. The van der Waals surface area contributed by atoms with Gasteiger partial charge in [-0.05, 0) is 31.0 Å². The molecular formula is C14H15ClF3N3O2. The molecule has 1 saturated heterocycles. The fourth-order valence-corrected chi connectivity index (χ4v) is 2.66. The Morgan fingerprint density at radius 2 is 2.00 bits per heavy atom. The van der Waals surface area contributed by atoms with Crippen LogP contribution in [0.2, 0.25) is 5.02 Å². The first-order valence-corrected chi connectivity index (χ1v) is 7.27. The molecule has 1 aromatic rings. The smallest absolute Gasteiger partial charge is 0.369 e. The standard InChI is InChI=1S/C14H15ClF3N3O2/c15-10-4-9(14(16,17)18)5-11(6-10)20-13(23)21-3-1-2-8(7-21)12(19)22/h4-6,8H,1-3,7H2,(H2,19,22)(H,20,23)/t8-/m0/s1. The summed E-state index contributed by atoms with van der Waals surface area (Å²) in [5.41, 5.74) is 4.22. The first-order valence-electron chi connectivity index (χ1n) is 6.90. The van der Waals surface area contributed by atoms with Crippen LogP contribution in [0.15, 0.2) is 18.2 Å². The number of hydrogen-bond donors (Lipinski definition) is 2. The third-order valence-corrected chi connectivity index (χ3v) is 3.81. The first kappa shape index (κ1) is 17.4. The number of halogens is 4. The van der Waals surface area contributed by atoms with E-state index in [2.05, 4.69) is 5.32 Å². The number of likely N-dealkylation sites (tertiary alicyclic amines) is 1. The molecule has 9 heteroatoms. The van der Waals surface area contributed by atoms with Crippen LogP contribution in [0, 0.1) is 5.92 Å². The molecule has 1 heterocycles. The molecule has 0 aromatic heterocycles. The Hall–Kier alpha value is -1.96. The number of anilines is 1. The Balaban J connectivity index is 2.11. The highest BCUT2D eigenvalue weighted by Crippen LogP contribution is 2.33. The highest BCUT2D eigenvalue weighted by atomic mass is 35.5. The van der Waals surface area contributed by atoms with Crippen LogP contribution in [0.1, 0.15) is 18.4 Å². The van der Waals surface area contributed by atoms with Gasteiger partial charge in [0.1, 0.15) is 0 Å². The van der Waals surface area contributed by atoms with Gasteiger partial charge in [0.15, 0.2) is 0 Å². The number of nitrogens with zero attached hydrogens (tertiary/aromatic N) is 1. The molecule has 0 saturated carbocycles. The van der Waals surface area contributed by atoms with E-state index in [0.717, 1.165) is 12.1 Å². The average Bonchev–Trinajstić information content (AvgIpc) is 2.45. The van der Waals surface area contributed by atoms with Gasteiger partial charge in [0.05, 0.1) is 11.5 Å². The number of benzene rings is 1. The molecule has 0 unspecified atom stereocenters. The lowest BCUT2D eigenvalue weighted by atomic mass is 9.98. The fraction of sp³-hybridized carbons (Fsp3) is 0.429. The highest BCUT2D eigenvalue weighted by Gasteiger charge is 2.32. The van der Waals surface area contributed by atoms with Crippen molar-refractivity contribution in [1.29, 1.82) is 0 Å². The third-order valence-electron chi connectivity index (χ3n) is 3.59. The van der Waals surface area contributed by atoms with E-state index in [1.807, 2.05) is 0 Å². The maximum Gasteiger partial charge on any atom is 0.416 e. The van der Waals surface area contributed by atoms with Crippen LogP contribution < -0.4 is 11.1 Å². The largest absolute Gasteiger partial charge is 0.416 e. The molecule has 0 aliphatic carbocycles. The van der Waals surface area contributed by atoms with Crippen LogP contribution in [0.5, 0.6) is 0 Å². The normalized spacial score (nSPS) is 18.6. The number of carbonyl (C=O) groups is 2. The van der Waals surface area contributed by atoms with Gasteiger partial charge < -0.3 is 16.0 Å². The van der Waals surface area contributed by atoms with Gasteiger partial charge in [-0.2, -0.15) is 13.2 Å². The summed E-state index contributed by atoms with van der Waals surface area (Å²) in [6.07, 6.45) is -3.37. The number of piperidine rings is 1. The van der Waals surface area contributed by atoms with E-state index in [1.54, 1.807) is 0 Å². The minimum atomic E-state index is -4.56. The summed E-state index contributed by atoms with van der Waals surface area (Å²) in [6, 6.07) is 2.22. The van der Waals surface area contributed by atoms with Gasteiger partial charge >= 0.3 is 12.2 Å². The van der Waals surface area contributed by atoms with Gasteiger partial charge in [-0.3, -0.25) is 4.79 Å². The number of amides is 3. The molecule has 1 aliphatic rings. The Morgan fingerprint density at radius 1 is 1.30 bits per heavy atom. The quantitative estimate of drug-likeness (QED) is 0.861. The molecule has 1 aromatic carbocycles. The van der Waals surface area contributed by atoms with Crippen LogP contribution >= 0.6 is 11.6 Å². The zero-order chi connectivity index (χ0) is 17.2. The summed E-state index contributed by atoms with van der Waals surface area (Å²) in [5, 5.41) is 2.24. The number of rotatable bonds is 2. The molecule has 1 fully saturated rings. The lowest BCUT2D eigenvalue weighted by Gasteiger charge is -2.31. The number of nitrogens with two attached hydrogens (primary N) is 1. The van der Waals surface area contributed by atoms with Crippen LogP contribution in [0.3, 0.4) is 0 Å². The number of carbonyl (C=O) groups excluding carboxylic acids is 2. The SMILES string of the molecule is NC(=O)[C@H]1CCCN(C(=O)Nc2cc(Cl)cc(C(F)(F)F)c2)C1. The van der Waals surface area contributed by atoms with Crippen molar-refractivity contribution in [3.63, 3.8) is 0 Å². The van der Waals surface area contributed by atoms with E-state index in [4.69, 9.17) is 17.3 Å². The van der Waals surface area contributed by atoms with E-state index < -0.39 is 29.6 Å². The zero-order valence-electron chi connectivity index (χ0n) is 12.0. The van der Waals surface area contributed by atoms with Crippen molar-refractivity contribution in [2.45, 2.75) is 19.0 Å². The predicted octanol–water partition coefficient (Wildman–Crippen LogP) is 3.09. The van der Waals surface area contributed by atoms with Crippen molar-refractivity contribution in [2.24, 2.45) is 11.7 Å². The Bertz CT molecular complexity index is 622. The molecular weight excluding hydrogens is 335 g/mol. The summed E-state index contributed by atoms with van der Waals surface area (Å²) in [4.78, 5) is 24.7. The average molecular weight is 350 g/mol. The molecule has 5 nitrogen and oxygen atoms in total. The Labute approximate surface area is 135 Å². The van der Waals surface area contributed by atoms with E-state index in [0.29, 0.717) is 19.4 Å². The van der Waals surface area contributed by atoms with Crippen LogP contribution in [-0.2, 0) is 11.0 Å². The van der Waals surface area contributed by atoms with Crippen molar-refractivity contribution in [3.05, 3.63) is 28.8 Å². The molecule has 126 valence electrons. The van der Waals surface area contributed by atoms with Crippen LogP contribution in [0.4, 0.5) is 23.7 Å². The second-order valence-electron chi connectivity index (χ2n) is 5.34. The summed E-state index contributed by atoms with van der Waals surface area (Å²) >= 11 is 5.66. The maximum atomic E-state index is 12.7. The van der Waals surface area contributed by atoms with Crippen LogP contribution in [-0.4, -0.2) is 29.9 Å². The van der Waals surface area contributed by atoms with E-state index >= 15 is 0 Å². The van der Waals surface area contributed by atoms with Crippen molar-refractivity contribution in [3.8, 4) is 0 Å². The lowest BCUT2D eigenvalue weighted by Crippen LogP contribution is -2.45. The molecule has 2 rings (SSSR count). The van der Waals surface area contributed by atoms with Gasteiger partial charge in [0.25, 0.3) is 0 Å². The van der Waals surface area contributed by atoms with Gasteiger partial charge in [0.2, 0.25) is 5.91 Å². The summed E-state index contributed by atoms with van der Waals surface area (Å²) in [7, 11) is 0. The van der Waals surface area contributed by atoms with Gasteiger partial charge in [-0.25, -0.2) is 4.79 Å². The van der Waals surface area contributed by atoms with Crippen LogP contribution in [0.25, 0.3) is 0 Å². The minimum absolute atomic E-state index is 0.0592. The Kier molecular flexibility index (Phi) is 5.03. The summed E-state index contributed by atoms with van der Waals surface area (Å²) in [5.74, 6) is -0.941. The highest BCUT2D eigenvalue weighted by molar-refractivity contribution is 6.31. The minimum Gasteiger partial charge on any atom is -0.369 e. The summed E-state index contributed by atoms with van der Waals surface area (Å²) in [6.45, 7) is 0.552. The first-order chi connectivity index (χ1) is 10.7. The molecule has 3 N–H and O–H groups in total. The number of alkyl halides is 3. The zero-order valence-corrected chi connectivity index (χ0v) is 12.7. The monoisotopic (exact) mass is 349 g/mol. The van der Waals surface area contributed by atoms with E-state index in [-0.39, 0.29) is 17.3 Å². The van der Waals surface area contributed by atoms with Crippen molar-refractivity contribution in [2.75, 3.05) is 18.4 Å². The van der Waals surface area contributed by atoms with Crippen molar-refractivity contribution >= 4 is 29.2 Å². The molecule has 1 aliphatic heterocycles. The molecule has 0 radical (unpaired) electrons. The third kappa shape index (κ3) is 4.51. The lowest BCUT2D eigenvalue weighted by molar-refractivity contribution is -0.137. The number of urea groups is 1. The number of primary amides is 1. The van der Waals surface area contributed by atoms with E-state index in [9.17, 15) is 22.8 Å². The van der Waals surface area contributed by atoms with Gasteiger partial charge in [-0.15, -0.1) is 0 Å². The Morgan fingerprint density at radius 3 is 2.61 bits per heavy atom. The second-order valence-corrected chi connectivity index (χ2v) is 5.78. The predicted molar refractivity (Wildman–Crippen MR) is 79.0 cm³/mol. The summed E-state index contributed by atoms with van der Waals surface area (Å²) < 4.78 is 38.2. The fourth-order valence-electron chi connectivity index (χ4n) is 2.42. The second kappa shape index (κ2) is 6.66. The molecule has 3 amide bonds. The van der Waals surface area contributed by atoms with Crippen molar-refractivity contribution in [1.82, 2.24) is 4.90 Å². The molecule has 23 heavy (non-hydrogen) atoms. The van der Waals surface area contributed by atoms with Gasteiger partial charge in [0, 0.05) is 23.8 Å². The van der Waals surface area contributed by atoms with E-state index in [1.165, 1.54) is 11.0 Å². The topological polar surface area (TPSA) is 75.4 Å². The molecule has 1 atom stereocenters. The number of hydrogen-bond acceptors (Lipinski definition) is 2. The molecule has 0 bridgehead atoms. The van der Waals surface area contributed by atoms with Gasteiger partial charge in [-0.1, -0.05) is 11.6 Å². The number of nitrogens with one attached hydrogen (secondary N) is 1. The molecule has 0 spiro atoms.